The first-order valence-corrected chi connectivity index (χ1v) is 8.36. The van der Waals surface area contributed by atoms with Crippen LogP contribution in [0, 0.1) is 12.7 Å². The fraction of sp³-hybridized carbons (Fsp3) is 0.625. The van der Waals surface area contributed by atoms with E-state index in [4.69, 9.17) is 0 Å². The SMILES string of the molecule is CNC(C)c1cc(F)c(C)cc1N1CCSC(C)C1C. The maximum absolute atomic E-state index is 13.9. The fourth-order valence-electron chi connectivity index (χ4n) is 2.71. The summed E-state index contributed by atoms with van der Waals surface area (Å²) in [7, 11) is 1.92. The molecular weight excluding hydrogens is 271 g/mol. The highest BCUT2D eigenvalue weighted by Crippen LogP contribution is 2.35. The zero-order valence-corrected chi connectivity index (χ0v) is 13.9. The van der Waals surface area contributed by atoms with Crippen LogP contribution >= 0.6 is 11.8 Å². The minimum Gasteiger partial charge on any atom is -0.367 e. The zero-order valence-electron chi connectivity index (χ0n) is 13.0. The summed E-state index contributed by atoms with van der Waals surface area (Å²) in [5.41, 5.74) is 2.97. The maximum Gasteiger partial charge on any atom is 0.126 e. The second-order valence-corrected chi connectivity index (χ2v) is 7.17. The molecule has 1 aromatic rings. The average molecular weight is 296 g/mol. The van der Waals surface area contributed by atoms with Crippen molar-refractivity contribution in [3.63, 3.8) is 0 Å². The molecule has 4 heteroatoms. The summed E-state index contributed by atoms with van der Waals surface area (Å²) in [4.78, 5) is 2.44. The number of anilines is 1. The second kappa shape index (κ2) is 6.35. The molecule has 20 heavy (non-hydrogen) atoms. The summed E-state index contributed by atoms with van der Waals surface area (Å²) in [6, 6.07) is 4.33. The van der Waals surface area contributed by atoms with Crippen molar-refractivity contribution in [1.82, 2.24) is 5.32 Å². The lowest BCUT2D eigenvalue weighted by atomic mass is 10.0. The van der Waals surface area contributed by atoms with Crippen molar-refractivity contribution in [1.29, 1.82) is 0 Å². The van der Waals surface area contributed by atoms with Crippen LogP contribution in [0.4, 0.5) is 10.1 Å². The molecule has 1 aliphatic rings. The van der Waals surface area contributed by atoms with Gasteiger partial charge in [-0.1, -0.05) is 6.92 Å². The Balaban J connectivity index is 2.45. The molecule has 0 aliphatic carbocycles. The Morgan fingerprint density at radius 1 is 1.40 bits per heavy atom. The molecule has 1 heterocycles. The van der Waals surface area contributed by atoms with Gasteiger partial charge >= 0.3 is 0 Å². The van der Waals surface area contributed by atoms with Gasteiger partial charge in [0.1, 0.15) is 5.82 Å². The van der Waals surface area contributed by atoms with Crippen molar-refractivity contribution in [2.24, 2.45) is 0 Å². The number of nitrogens with one attached hydrogen (secondary N) is 1. The Bertz CT molecular complexity index is 478. The van der Waals surface area contributed by atoms with Crippen molar-refractivity contribution in [2.75, 3.05) is 24.2 Å². The molecule has 0 amide bonds. The number of thioether (sulfide) groups is 1. The van der Waals surface area contributed by atoms with Gasteiger partial charge in [0.2, 0.25) is 0 Å². The van der Waals surface area contributed by atoms with Crippen molar-refractivity contribution < 1.29 is 4.39 Å². The molecule has 112 valence electrons. The van der Waals surface area contributed by atoms with E-state index in [1.165, 1.54) is 5.69 Å². The van der Waals surface area contributed by atoms with E-state index in [1.807, 2.05) is 31.8 Å². The van der Waals surface area contributed by atoms with Crippen LogP contribution in [0.25, 0.3) is 0 Å². The zero-order chi connectivity index (χ0) is 14.9. The van der Waals surface area contributed by atoms with Gasteiger partial charge in [-0.15, -0.1) is 0 Å². The van der Waals surface area contributed by atoms with Gasteiger partial charge in [-0.3, -0.25) is 0 Å². The van der Waals surface area contributed by atoms with E-state index in [0.29, 0.717) is 11.3 Å². The van der Waals surface area contributed by atoms with E-state index in [9.17, 15) is 4.39 Å². The van der Waals surface area contributed by atoms with Crippen LogP contribution in [0.5, 0.6) is 0 Å². The molecule has 1 fully saturated rings. The number of nitrogens with zero attached hydrogens (tertiary/aromatic N) is 1. The summed E-state index contributed by atoms with van der Waals surface area (Å²) < 4.78 is 13.9. The van der Waals surface area contributed by atoms with Gasteiger partial charge in [-0.25, -0.2) is 4.39 Å². The molecule has 1 aromatic carbocycles. The van der Waals surface area contributed by atoms with Gasteiger partial charge in [-0.05, 0) is 51.1 Å². The van der Waals surface area contributed by atoms with E-state index in [1.54, 1.807) is 6.07 Å². The van der Waals surface area contributed by atoms with Crippen molar-refractivity contribution in [3.8, 4) is 0 Å². The standard InChI is InChI=1S/C16H25FN2S/c1-10-8-16(14(9-15(10)17)11(2)18-5)19-6-7-20-13(4)12(19)3/h8-9,11-13,18H,6-7H2,1-5H3. The lowest BCUT2D eigenvalue weighted by molar-refractivity contribution is 0.586. The smallest absolute Gasteiger partial charge is 0.126 e. The first-order chi connectivity index (χ1) is 9.45. The predicted molar refractivity (Wildman–Crippen MR) is 87.3 cm³/mol. The highest BCUT2D eigenvalue weighted by atomic mass is 32.2. The molecule has 0 spiro atoms. The molecule has 2 nitrogen and oxygen atoms in total. The first kappa shape index (κ1) is 15.6. The monoisotopic (exact) mass is 296 g/mol. The minimum absolute atomic E-state index is 0.113. The largest absolute Gasteiger partial charge is 0.367 e. The second-order valence-electron chi connectivity index (χ2n) is 5.68. The van der Waals surface area contributed by atoms with Crippen molar-refractivity contribution >= 4 is 17.4 Å². The van der Waals surface area contributed by atoms with E-state index < -0.39 is 0 Å². The lowest BCUT2D eigenvalue weighted by Gasteiger charge is -2.41. The Hall–Kier alpha value is -0.740. The van der Waals surface area contributed by atoms with Gasteiger partial charge in [0.05, 0.1) is 0 Å². The summed E-state index contributed by atoms with van der Waals surface area (Å²) in [5.74, 6) is 1.02. The van der Waals surface area contributed by atoms with Gasteiger partial charge in [-0.2, -0.15) is 11.8 Å². The third-order valence-corrected chi connectivity index (χ3v) is 5.74. The van der Waals surface area contributed by atoms with Gasteiger partial charge < -0.3 is 10.2 Å². The van der Waals surface area contributed by atoms with Crippen LogP contribution in [0.1, 0.15) is 37.9 Å². The summed E-state index contributed by atoms with van der Waals surface area (Å²) in [5, 5.41) is 3.84. The van der Waals surface area contributed by atoms with Gasteiger partial charge in [0.25, 0.3) is 0 Å². The number of aryl methyl sites for hydroxylation is 1. The predicted octanol–water partition coefficient (Wildman–Crippen LogP) is 3.74. The number of hydrogen-bond donors (Lipinski definition) is 1. The Labute approximate surface area is 126 Å². The highest BCUT2D eigenvalue weighted by Gasteiger charge is 2.28. The summed E-state index contributed by atoms with van der Waals surface area (Å²) in [6.07, 6.45) is 0. The lowest BCUT2D eigenvalue weighted by Crippen LogP contribution is -2.45. The van der Waals surface area contributed by atoms with Crippen LogP contribution in [-0.2, 0) is 0 Å². The summed E-state index contributed by atoms with van der Waals surface area (Å²) in [6.45, 7) is 9.51. The molecule has 2 rings (SSSR count). The third kappa shape index (κ3) is 2.96. The Kier molecular flexibility index (Phi) is 4.97. The Morgan fingerprint density at radius 3 is 2.75 bits per heavy atom. The molecule has 0 saturated carbocycles. The topological polar surface area (TPSA) is 15.3 Å². The minimum atomic E-state index is -0.113. The molecule has 0 bridgehead atoms. The Morgan fingerprint density at radius 2 is 2.10 bits per heavy atom. The van der Waals surface area contributed by atoms with Crippen LogP contribution in [0.15, 0.2) is 12.1 Å². The molecule has 0 aromatic heterocycles. The normalized spacial score (nSPS) is 24.8. The fourth-order valence-corrected chi connectivity index (χ4v) is 3.81. The molecule has 1 saturated heterocycles. The van der Waals surface area contributed by atoms with Crippen molar-refractivity contribution in [3.05, 3.63) is 29.1 Å². The summed E-state index contributed by atoms with van der Waals surface area (Å²) >= 11 is 2.02. The third-order valence-electron chi connectivity index (χ3n) is 4.40. The van der Waals surface area contributed by atoms with Crippen LogP contribution in [0.3, 0.4) is 0 Å². The molecule has 3 unspecified atom stereocenters. The number of rotatable bonds is 3. The average Bonchev–Trinajstić information content (AvgIpc) is 2.43. The molecule has 1 aliphatic heterocycles. The van der Waals surface area contributed by atoms with Crippen LogP contribution < -0.4 is 10.2 Å². The van der Waals surface area contributed by atoms with Crippen LogP contribution in [-0.4, -0.2) is 30.6 Å². The number of benzene rings is 1. The maximum atomic E-state index is 13.9. The van der Waals surface area contributed by atoms with Gasteiger partial charge in [0.15, 0.2) is 0 Å². The van der Waals surface area contributed by atoms with E-state index in [-0.39, 0.29) is 11.9 Å². The highest BCUT2D eigenvalue weighted by molar-refractivity contribution is 8.00. The quantitative estimate of drug-likeness (QED) is 0.914. The molecule has 3 atom stereocenters. The van der Waals surface area contributed by atoms with E-state index in [2.05, 4.69) is 31.0 Å². The van der Waals surface area contributed by atoms with Gasteiger partial charge in [0, 0.05) is 35.3 Å². The number of halogens is 1. The van der Waals surface area contributed by atoms with E-state index >= 15 is 0 Å². The first-order valence-electron chi connectivity index (χ1n) is 7.31. The van der Waals surface area contributed by atoms with Crippen LogP contribution in [0.2, 0.25) is 0 Å². The number of hydrogen-bond acceptors (Lipinski definition) is 3. The molecule has 0 radical (unpaired) electrons. The van der Waals surface area contributed by atoms with Crippen molar-refractivity contribution in [2.45, 2.75) is 45.0 Å². The molecular formula is C16H25FN2S. The molecule has 1 N–H and O–H groups in total. The van der Waals surface area contributed by atoms with E-state index in [0.717, 1.165) is 23.4 Å².